The molecule has 0 spiro atoms. The van der Waals surface area contributed by atoms with E-state index in [9.17, 15) is 9.90 Å². The molecule has 0 radical (unpaired) electrons. The highest BCUT2D eigenvalue weighted by molar-refractivity contribution is 6.01. The van der Waals surface area contributed by atoms with Crippen LogP contribution in [0.25, 0.3) is 5.82 Å². The van der Waals surface area contributed by atoms with Crippen LogP contribution in [0.3, 0.4) is 0 Å². The van der Waals surface area contributed by atoms with E-state index in [0.29, 0.717) is 29.3 Å². The van der Waals surface area contributed by atoms with Gasteiger partial charge in [-0.1, -0.05) is 23.4 Å². The number of nitrogens with two attached hydrogens (primary N) is 1. The molecule has 13 nitrogen and oxygen atoms in total. The number of benzene rings is 2. The first-order valence-corrected chi connectivity index (χ1v) is 11.0. The number of fused-ring (bicyclic) bond motifs is 1. The molecule has 0 bridgehead atoms. The third-order valence-electron chi connectivity index (χ3n) is 5.92. The van der Waals surface area contributed by atoms with Crippen LogP contribution in [0.2, 0.25) is 0 Å². The number of rotatable bonds is 7. The van der Waals surface area contributed by atoms with Gasteiger partial charge < -0.3 is 20.5 Å². The Morgan fingerprint density at radius 2 is 2.11 bits per heavy atom. The molecule has 0 fully saturated rings. The van der Waals surface area contributed by atoms with Crippen molar-refractivity contribution in [1.82, 2.24) is 30.7 Å². The van der Waals surface area contributed by atoms with Crippen LogP contribution in [0.4, 0.5) is 11.5 Å². The second kappa shape index (κ2) is 9.37. The van der Waals surface area contributed by atoms with Crippen molar-refractivity contribution in [1.29, 1.82) is 0 Å². The van der Waals surface area contributed by atoms with Crippen LogP contribution >= 0.6 is 0 Å². The molecule has 5 rings (SSSR count). The summed E-state index contributed by atoms with van der Waals surface area (Å²) in [6, 6.07) is 12.8. The van der Waals surface area contributed by atoms with E-state index in [1.54, 1.807) is 19.1 Å². The molecule has 4 aromatic rings. The number of methoxy groups -OCH3 is 1. The minimum Gasteiger partial charge on any atom is -0.504 e. The maximum atomic E-state index is 13.2. The Bertz CT molecular complexity index is 1460. The van der Waals surface area contributed by atoms with E-state index >= 15 is 0 Å². The Hall–Kier alpha value is -4.94. The number of phenols is 1. The minimum absolute atomic E-state index is 0.00412. The molecule has 3 heterocycles. The number of carbonyl (C=O) groups is 1. The van der Waals surface area contributed by atoms with E-state index in [-0.39, 0.29) is 23.1 Å². The Kier molecular flexibility index (Phi) is 5.94. The summed E-state index contributed by atoms with van der Waals surface area (Å²) >= 11 is 0. The van der Waals surface area contributed by atoms with Gasteiger partial charge in [-0.15, -0.1) is 5.10 Å². The van der Waals surface area contributed by atoms with Gasteiger partial charge in [0.05, 0.1) is 25.1 Å². The number of phenolic OH excluding ortho intramolecular Hbond substituents is 1. The fourth-order valence-electron chi connectivity index (χ4n) is 4.03. The molecule has 0 saturated heterocycles. The zero-order valence-electron chi connectivity index (χ0n) is 19.5. The SMILES string of the molecule is COc1cc(C(C)=NNC(=O)c2nnn(-c3nonc3N)c2CN2CCc3ccccc32)ccc1O. The minimum atomic E-state index is -0.566. The number of aromatic nitrogens is 5. The topological polar surface area (TPSA) is 170 Å². The fourth-order valence-corrected chi connectivity index (χ4v) is 4.03. The number of amides is 1. The largest absolute Gasteiger partial charge is 0.504 e. The van der Waals surface area contributed by atoms with Gasteiger partial charge >= 0.3 is 0 Å². The molecule has 2 aromatic carbocycles. The number of para-hydroxylation sites is 1. The lowest BCUT2D eigenvalue weighted by Gasteiger charge is -2.19. The monoisotopic (exact) mass is 489 g/mol. The summed E-state index contributed by atoms with van der Waals surface area (Å²) in [7, 11) is 1.45. The van der Waals surface area contributed by atoms with Gasteiger partial charge in [-0.05, 0) is 53.5 Å². The number of anilines is 2. The predicted molar refractivity (Wildman–Crippen MR) is 129 cm³/mol. The fraction of sp³-hybridized carbons (Fsp3) is 0.217. The predicted octanol–water partition coefficient (Wildman–Crippen LogP) is 1.66. The molecule has 1 aliphatic rings. The number of ether oxygens (including phenoxy) is 1. The van der Waals surface area contributed by atoms with E-state index in [4.69, 9.17) is 15.1 Å². The van der Waals surface area contributed by atoms with E-state index in [0.717, 1.165) is 18.7 Å². The van der Waals surface area contributed by atoms with Crippen molar-refractivity contribution in [2.24, 2.45) is 5.10 Å². The summed E-state index contributed by atoms with van der Waals surface area (Å²) in [6.45, 7) is 2.79. The lowest BCUT2D eigenvalue weighted by molar-refractivity contribution is 0.0948. The molecule has 36 heavy (non-hydrogen) atoms. The van der Waals surface area contributed by atoms with Crippen molar-refractivity contribution in [3.8, 4) is 17.3 Å². The summed E-state index contributed by atoms with van der Waals surface area (Å²) in [4.78, 5) is 15.3. The van der Waals surface area contributed by atoms with Crippen LogP contribution in [-0.4, -0.2) is 55.7 Å². The first-order valence-electron chi connectivity index (χ1n) is 11.0. The van der Waals surface area contributed by atoms with Crippen molar-refractivity contribution in [3.63, 3.8) is 0 Å². The molecule has 4 N–H and O–H groups in total. The van der Waals surface area contributed by atoms with Crippen LogP contribution in [0.15, 0.2) is 52.2 Å². The smallest absolute Gasteiger partial charge is 0.293 e. The van der Waals surface area contributed by atoms with Crippen molar-refractivity contribution in [3.05, 3.63) is 65.0 Å². The first-order chi connectivity index (χ1) is 17.5. The lowest BCUT2D eigenvalue weighted by atomic mass is 10.1. The van der Waals surface area contributed by atoms with Gasteiger partial charge in [0.25, 0.3) is 5.91 Å². The molecule has 1 amide bonds. The molecule has 0 atom stereocenters. The van der Waals surface area contributed by atoms with Crippen molar-refractivity contribution in [2.45, 2.75) is 19.9 Å². The van der Waals surface area contributed by atoms with Crippen LogP contribution in [0.1, 0.15) is 34.2 Å². The number of nitrogens with one attached hydrogen (secondary N) is 1. The molecule has 0 saturated carbocycles. The first kappa shape index (κ1) is 22.8. The van der Waals surface area contributed by atoms with Crippen LogP contribution in [0.5, 0.6) is 11.5 Å². The van der Waals surface area contributed by atoms with Crippen LogP contribution < -0.4 is 20.8 Å². The normalized spacial score (nSPS) is 13.1. The summed E-state index contributed by atoms with van der Waals surface area (Å²) < 4.78 is 11.2. The van der Waals surface area contributed by atoms with Crippen molar-refractivity contribution in [2.75, 3.05) is 24.3 Å². The summed E-state index contributed by atoms with van der Waals surface area (Å²) in [5, 5.41) is 29.6. The molecule has 184 valence electrons. The van der Waals surface area contributed by atoms with Gasteiger partial charge in [0.2, 0.25) is 11.6 Å². The Balaban J connectivity index is 1.45. The maximum Gasteiger partial charge on any atom is 0.293 e. The lowest BCUT2D eigenvalue weighted by Crippen LogP contribution is -2.26. The van der Waals surface area contributed by atoms with Crippen molar-refractivity contribution < 1.29 is 19.3 Å². The highest BCUT2D eigenvalue weighted by Crippen LogP contribution is 2.30. The van der Waals surface area contributed by atoms with Crippen LogP contribution in [-0.2, 0) is 13.0 Å². The van der Waals surface area contributed by atoms with Gasteiger partial charge in [0.15, 0.2) is 17.2 Å². The zero-order chi connectivity index (χ0) is 25.2. The summed E-state index contributed by atoms with van der Waals surface area (Å²) in [5.74, 6) is -0.110. The number of nitrogens with zero attached hydrogens (tertiary/aromatic N) is 7. The van der Waals surface area contributed by atoms with E-state index in [2.05, 4.69) is 42.1 Å². The molecular weight excluding hydrogens is 466 g/mol. The summed E-state index contributed by atoms with van der Waals surface area (Å²) in [5.41, 5.74) is 12.4. The second-order valence-electron chi connectivity index (χ2n) is 8.09. The molecule has 2 aromatic heterocycles. The van der Waals surface area contributed by atoms with E-state index in [1.807, 2.05) is 18.2 Å². The number of aromatic hydroxyl groups is 1. The number of nitrogen functional groups attached to an aromatic ring is 1. The number of carbonyl (C=O) groups excluding carboxylic acids is 1. The average Bonchev–Trinajstić information content (AvgIpc) is 3.61. The third-order valence-corrected chi connectivity index (χ3v) is 5.92. The molecule has 0 unspecified atom stereocenters. The van der Waals surface area contributed by atoms with Gasteiger partial charge in [-0.3, -0.25) is 4.79 Å². The average molecular weight is 489 g/mol. The quantitative estimate of drug-likeness (QED) is 0.256. The Labute approximate surface area is 205 Å². The van der Waals surface area contributed by atoms with Crippen LogP contribution in [0, 0.1) is 0 Å². The van der Waals surface area contributed by atoms with Gasteiger partial charge in [-0.2, -0.15) is 9.78 Å². The highest BCUT2D eigenvalue weighted by Gasteiger charge is 2.28. The zero-order valence-corrected chi connectivity index (χ0v) is 19.5. The van der Waals surface area contributed by atoms with E-state index in [1.165, 1.54) is 23.4 Å². The van der Waals surface area contributed by atoms with Gasteiger partial charge in [-0.25, -0.2) is 10.1 Å². The number of hydrazone groups is 1. The molecule has 0 aliphatic carbocycles. The number of hydrogen-bond donors (Lipinski definition) is 3. The summed E-state index contributed by atoms with van der Waals surface area (Å²) in [6.07, 6.45) is 0.881. The van der Waals surface area contributed by atoms with Gasteiger partial charge in [0, 0.05) is 17.8 Å². The maximum absolute atomic E-state index is 13.2. The molecular formula is C23H23N9O4. The third kappa shape index (κ3) is 4.17. The highest BCUT2D eigenvalue weighted by atomic mass is 16.6. The van der Waals surface area contributed by atoms with Gasteiger partial charge in [0.1, 0.15) is 0 Å². The van der Waals surface area contributed by atoms with Crippen molar-refractivity contribution >= 4 is 23.1 Å². The number of hydrogen-bond acceptors (Lipinski definition) is 11. The molecule has 13 heteroatoms. The standard InChI is InChI=1S/C23H23N9O4/c1-13(15-7-8-18(33)19(11-15)35-2)25-27-23(34)20-17(32(30-26-20)22-21(24)28-36-29-22)12-31-10-9-14-5-3-4-6-16(14)31/h3-8,11,33H,9-10,12H2,1-2H3,(H2,24,28)(H,27,34). The van der Waals surface area contributed by atoms with E-state index < -0.39 is 5.91 Å². The Morgan fingerprint density at radius 3 is 2.89 bits per heavy atom. The Morgan fingerprint density at radius 1 is 1.28 bits per heavy atom. The second-order valence-corrected chi connectivity index (χ2v) is 8.09. The molecule has 1 aliphatic heterocycles.